The van der Waals surface area contributed by atoms with Crippen molar-refractivity contribution in [1.82, 2.24) is 4.90 Å². The van der Waals surface area contributed by atoms with Crippen LogP contribution < -0.4 is 0 Å². The van der Waals surface area contributed by atoms with Crippen LogP contribution >= 0.6 is 0 Å². The van der Waals surface area contributed by atoms with Crippen molar-refractivity contribution in [1.29, 1.82) is 0 Å². The first kappa shape index (κ1) is 13.8. The van der Waals surface area contributed by atoms with Crippen LogP contribution in [0.15, 0.2) is 36.4 Å². The minimum Gasteiger partial charge on any atom is -0.461 e. The molecule has 0 saturated carbocycles. The molecule has 19 heavy (non-hydrogen) atoms. The van der Waals surface area contributed by atoms with Gasteiger partial charge in [-0.25, -0.2) is 4.79 Å². The minimum absolute atomic E-state index is 0.294. The van der Waals surface area contributed by atoms with Crippen molar-refractivity contribution >= 4 is 12.0 Å². The van der Waals surface area contributed by atoms with Gasteiger partial charge in [-0.3, -0.25) is 4.90 Å². The van der Waals surface area contributed by atoms with E-state index in [0.29, 0.717) is 6.61 Å². The summed E-state index contributed by atoms with van der Waals surface area (Å²) in [6, 6.07) is 9.69. The predicted molar refractivity (Wildman–Crippen MR) is 73.7 cm³/mol. The molecule has 4 nitrogen and oxygen atoms in total. The minimum atomic E-state index is -0.294. The van der Waals surface area contributed by atoms with Gasteiger partial charge < -0.3 is 9.47 Å². The molecule has 0 aromatic heterocycles. The number of nitrogens with zero attached hydrogens (tertiary/aromatic N) is 1. The summed E-state index contributed by atoms with van der Waals surface area (Å²) < 4.78 is 10.4. The van der Waals surface area contributed by atoms with Gasteiger partial charge in [-0.15, -0.1) is 0 Å². The smallest absolute Gasteiger partial charge is 0.330 e. The van der Waals surface area contributed by atoms with Crippen molar-refractivity contribution in [2.45, 2.75) is 0 Å². The molecule has 1 heterocycles. The van der Waals surface area contributed by atoms with Crippen LogP contribution in [0.3, 0.4) is 0 Å². The highest BCUT2D eigenvalue weighted by Crippen LogP contribution is 2.01. The van der Waals surface area contributed by atoms with Gasteiger partial charge in [0.15, 0.2) is 0 Å². The summed E-state index contributed by atoms with van der Waals surface area (Å²) in [6.45, 7) is 4.56. The normalized spacial score (nSPS) is 16.6. The highest BCUT2D eigenvalue weighted by Gasteiger charge is 2.10. The lowest BCUT2D eigenvalue weighted by Gasteiger charge is -2.25. The van der Waals surface area contributed by atoms with Gasteiger partial charge in [0.2, 0.25) is 0 Å². The van der Waals surface area contributed by atoms with Crippen LogP contribution in [0.2, 0.25) is 0 Å². The van der Waals surface area contributed by atoms with Gasteiger partial charge >= 0.3 is 5.97 Å². The predicted octanol–water partition coefficient (Wildman–Crippen LogP) is 1.58. The quantitative estimate of drug-likeness (QED) is 0.596. The summed E-state index contributed by atoms with van der Waals surface area (Å²) >= 11 is 0. The lowest BCUT2D eigenvalue weighted by Crippen LogP contribution is -2.38. The van der Waals surface area contributed by atoms with Gasteiger partial charge in [0, 0.05) is 25.7 Å². The molecule has 0 atom stereocenters. The Bertz CT molecular complexity index is 411. The Morgan fingerprint density at radius 2 is 2.00 bits per heavy atom. The van der Waals surface area contributed by atoms with Crippen molar-refractivity contribution in [3.8, 4) is 0 Å². The van der Waals surface area contributed by atoms with Gasteiger partial charge in [-0.1, -0.05) is 30.3 Å². The van der Waals surface area contributed by atoms with Crippen LogP contribution in [0.1, 0.15) is 5.56 Å². The maximum Gasteiger partial charge on any atom is 0.330 e. The highest BCUT2D eigenvalue weighted by molar-refractivity contribution is 5.86. The van der Waals surface area contributed by atoms with Crippen LogP contribution in [-0.2, 0) is 14.3 Å². The van der Waals surface area contributed by atoms with Crippen LogP contribution in [-0.4, -0.2) is 50.3 Å². The third kappa shape index (κ3) is 5.24. The molecule has 0 N–H and O–H groups in total. The molecule has 1 aromatic rings. The number of ether oxygens (including phenoxy) is 2. The SMILES string of the molecule is O=C(C=Cc1ccccc1)OCCN1CCOCC1. The first-order valence-corrected chi connectivity index (χ1v) is 6.54. The Hall–Kier alpha value is -1.65. The maximum atomic E-state index is 11.5. The first-order valence-electron chi connectivity index (χ1n) is 6.54. The van der Waals surface area contributed by atoms with E-state index in [2.05, 4.69) is 4.90 Å². The molecule has 0 unspecified atom stereocenters. The van der Waals surface area contributed by atoms with E-state index in [-0.39, 0.29) is 5.97 Å². The second-order valence-corrected chi connectivity index (χ2v) is 4.37. The number of carbonyl (C=O) groups excluding carboxylic acids is 1. The van der Waals surface area contributed by atoms with Crippen LogP contribution in [0, 0.1) is 0 Å². The molecule has 4 heteroatoms. The molecule has 0 spiro atoms. The number of hydrogen-bond donors (Lipinski definition) is 0. The standard InChI is InChI=1S/C15H19NO3/c17-15(7-6-14-4-2-1-3-5-14)19-13-10-16-8-11-18-12-9-16/h1-7H,8-13H2. The fourth-order valence-corrected chi connectivity index (χ4v) is 1.88. The number of rotatable bonds is 5. The van der Waals surface area contributed by atoms with Crippen molar-refractivity contribution in [3.63, 3.8) is 0 Å². The maximum absolute atomic E-state index is 11.5. The molecular formula is C15H19NO3. The Labute approximate surface area is 113 Å². The van der Waals surface area contributed by atoms with Gasteiger partial charge in [0.05, 0.1) is 13.2 Å². The molecule has 1 fully saturated rings. The summed E-state index contributed by atoms with van der Waals surface area (Å²) in [6.07, 6.45) is 3.23. The Morgan fingerprint density at radius 1 is 1.26 bits per heavy atom. The van der Waals surface area contributed by atoms with E-state index >= 15 is 0 Å². The van der Waals surface area contributed by atoms with Gasteiger partial charge in [-0.05, 0) is 11.6 Å². The molecular weight excluding hydrogens is 242 g/mol. The van der Waals surface area contributed by atoms with E-state index in [1.165, 1.54) is 6.08 Å². The van der Waals surface area contributed by atoms with Crippen molar-refractivity contribution in [2.24, 2.45) is 0 Å². The average molecular weight is 261 g/mol. The molecule has 1 aromatic carbocycles. The number of benzene rings is 1. The number of hydrogen-bond acceptors (Lipinski definition) is 4. The molecule has 1 saturated heterocycles. The second-order valence-electron chi connectivity index (χ2n) is 4.37. The third-order valence-electron chi connectivity index (χ3n) is 2.97. The Kier molecular flexibility index (Phi) is 5.59. The van der Waals surface area contributed by atoms with E-state index in [1.54, 1.807) is 6.08 Å². The third-order valence-corrected chi connectivity index (χ3v) is 2.97. The molecule has 0 radical (unpaired) electrons. The topological polar surface area (TPSA) is 38.8 Å². The molecule has 102 valence electrons. The van der Waals surface area contributed by atoms with Gasteiger partial charge in [0.25, 0.3) is 0 Å². The van der Waals surface area contributed by atoms with Crippen molar-refractivity contribution in [2.75, 3.05) is 39.5 Å². The number of carbonyl (C=O) groups is 1. The first-order chi connectivity index (χ1) is 9.34. The van der Waals surface area contributed by atoms with E-state index in [9.17, 15) is 4.79 Å². The van der Waals surface area contributed by atoms with Crippen molar-refractivity contribution in [3.05, 3.63) is 42.0 Å². The lowest BCUT2D eigenvalue weighted by molar-refractivity contribution is -0.138. The van der Waals surface area contributed by atoms with E-state index in [4.69, 9.17) is 9.47 Å². The van der Waals surface area contributed by atoms with Gasteiger partial charge in [0.1, 0.15) is 6.61 Å². The molecule has 1 aliphatic heterocycles. The van der Waals surface area contributed by atoms with E-state index in [0.717, 1.165) is 38.4 Å². The van der Waals surface area contributed by atoms with Crippen LogP contribution in [0.4, 0.5) is 0 Å². The molecule has 0 aliphatic carbocycles. The summed E-state index contributed by atoms with van der Waals surface area (Å²) in [4.78, 5) is 13.7. The number of esters is 1. The zero-order valence-corrected chi connectivity index (χ0v) is 11.0. The highest BCUT2D eigenvalue weighted by atomic mass is 16.5. The van der Waals surface area contributed by atoms with E-state index in [1.807, 2.05) is 30.3 Å². The van der Waals surface area contributed by atoms with Crippen molar-refractivity contribution < 1.29 is 14.3 Å². The summed E-state index contributed by atoms with van der Waals surface area (Å²) in [7, 11) is 0. The average Bonchev–Trinajstić information content (AvgIpc) is 2.47. The number of morpholine rings is 1. The zero-order chi connectivity index (χ0) is 13.3. The van der Waals surface area contributed by atoms with Crippen LogP contribution in [0.25, 0.3) is 6.08 Å². The summed E-state index contributed by atoms with van der Waals surface area (Å²) in [5, 5.41) is 0. The lowest BCUT2D eigenvalue weighted by atomic mass is 10.2. The molecule has 2 rings (SSSR count). The monoisotopic (exact) mass is 261 g/mol. The van der Waals surface area contributed by atoms with Crippen LogP contribution in [0.5, 0.6) is 0 Å². The van der Waals surface area contributed by atoms with E-state index < -0.39 is 0 Å². The summed E-state index contributed by atoms with van der Waals surface area (Å²) in [5.74, 6) is -0.294. The summed E-state index contributed by atoms with van der Waals surface area (Å²) in [5.41, 5.74) is 0.993. The Morgan fingerprint density at radius 3 is 2.74 bits per heavy atom. The largest absolute Gasteiger partial charge is 0.461 e. The molecule has 1 aliphatic rings. The van der Waals surface area contributed by atoms with Gasteiger partial charge in [-0.2, -0.15) is 0 Å². The fourth-order valence-electron chi connectivity index (χ4n) is 1.88. The molecule has 0 bridgehead atoms. The fraction of sp³-hybridized carbons (Fsp3) is 0.400. The molecule has 0 amide bonds. The zero-order valence-electron chi connectivity index (χ0n) is 11.0. The second kappa shape index (κ2) is 7.71. The Balaban J connectivity index is 1.65.